The lowest BCUT2D eigenvalue weighted by molar-refractivity contribution is 0.484. The van der Waals surface area contributed by atoms with Gasteiger partial charge in [-0.15, -0.1) is 0 Å². The summed E-state index contributed by atoms with van der Waals surface area (Å²) in [7, 11) is 0. The van der Waals surface area contributed by atoms with Crippen LogP contribution >= 0.6 is 0 Å². The van der Waals surface area contributed by atoms with E-state index in [-0.39, 0.29) is 5.54 Å². The lowest BCUT2D eigenvalue weighted by Gasteiger charge is -2.19. The number of nitrogens with zero attached hydrogens (tertiary/aromatic N) is 1. The molecule has 78 valence electrons. The maximum absolute atomic E-state index is 8.80. The monoisotopic (exact) mass is 192 g/mol. The molecule has 1 aliphatic rings. The van der Waals surface area contributed by atoms with E-state index in [0.717, 1.165) is 13.0 Å². The summed E-state index contributed by atoms with van der Waals surface area (Å²) in [6, 6.07) is 2.25. The molecule has 0 unspecified atom stereocenters. The first kappa shape index (κ1) is 11.3. The fraction of sp³-hybridized carbons (Fsp3) is 0.750. The van der Waals surface area contributed by atoms with Gasteiger partial charge in [-0.05, 0) is 46.0 Å². The summed E-state index contributed by atoms with van der Waals surface area (Å²) >= 11 is 0. The second-order valence-corrected chi connectivity index (χ2v) is 4.52. The van der Waals surface area contributed by atoms with Crippen molar-refractivity contribution in [1.29, 1.82) is 5.26 Å². The summed E-state index contributed by atoms with van der Waals surface area (Å²) in [5, 5.41) is 12.1. The Morgan fingerprint density at radius 3 is 2.86 bits per heavy atom. The Morgan fingerprint density at radius 1 is 1.50 bits per heavy atom. The van der Waals surface area contributed by atoms with E-state index in [1.54, 1.807) is 5.57 Å². The number of hydrogen-bond donors (Lipinski definition) is 1. The van der Waals surface area contributed by atoms with Gasteiger partial charge in [0.25, 0.3) is 0 Å². The molecule has 0 fully saturated rings. The van der Waals surface area contributed by atoms with Crippen molar-refractivity contribution in [1.82, 2.24) is 5.32 Å². The van der Waals surface area contributed by atoms with Gasteiger partial charge >= 0.3 is 0 Å². The lowest BCUT2D eigenvalue weighted by atomic mass is 9.97. The van der Waals surface area contributed by atoms with Gasteiger partial charge in [0, 0.05) is 6.54 Å². The largest absolute Gasteiger partial charge is 0.300 e. The van der Waals surface area contributed by atoms with E-state index < -0.39 is 0 Å². The predicted octanol–water partition coefficient (Wildman–Crippen LogP) is 2.77. The SMILES string of the molecule is CC(C)(C#N)NCCC1=CCCCC1. The zero-order valence-electron chi connectivity index (χ0n) is 9.27. The van der Waals surface area contributed by atoms with Crippen LogP contribution in [0.4, 0.5) is 0 Å². The maximum Gasteiger partial charge on any atom is 0.101 e. The molecule has 0 aromatic rings. The van der Waals surface area contributed by atoms with Crippen LogP contribution in [0.5, 0.6) is 0 Å². The molecule has 0 atom stereocenters. The van der Waals surface area contributed by atoms with E-state index >= 15 is 0 Å². The average Bonchev–Trinajstić information content (AvgIpc) is 2.19. The molecule has 0 radical (unpaired) electrons. The van der Waals surface area contributed by atoms with Crippen molar-refractivity contribution in [2.45, 2.75) is 51.5 Å². The van der Waals surface area contributed by atoms with Gasteiger partial charge in [-0.3, -0.25) is 5.32 Å². The highest BCUT2D eigenvalue weighted by atomic mass is 14.9. The summed E-state index contributed by atoms with van der Waals surface area (Å²) in [6.45, 7) is 4.76. The molecule has 0 aromatic heterocycles. The molecule has 0 saturated carbocycles. The molecule has 1 aliphatic carbocycles. The van der Waals surface area contributed by atoms with E-state index in [9.17, 15) is 0 Å². The van der Waals surface area contributed by atoms with Crippen LogP contribution in [0.25, 0.3) is 0 Å². The summed E-state index contributed by atoms with van der Waals surface area (Å²) in [5.74, 6) is 0. The van der Waals surface area contributed by atoms with Gasteiger partial charge in [0.2, 0.25) is 0 Å². The third kappa shape index (κ3) is 3.93. The minimum Gasteiger partial charge on any atom is -0.300 e. The van der Waals surface area contributed by atoms with E-state index in [2.05, 4.69) is 17.5 Å². The molecule has 0 heterocycles. The van der Waals surface area contributed by atoms with Gasteiger partial charge in [-0.2, -0.15) is 5.26 Å². The Balaban J connectivity index is 2.21. The summed E-state index contributed by atoms with van der Waals surface area (Å²) in [4.78, 5) is 0. The molecular weight excluding hydrogens is 172 g/mol. The fourth-order valence-electron chi connectivity index (χ4n) is 1.71. The normalized spacial score (nSPS) is 17.4. The highest BCUT2D eigenvalue weighted by Gasteiger charge is 2.14. The zero-order valence-corrected chi connectivity index (χ0v) is 9.27. The van der Waals surface area contributed by atoms with Crippen LogP contribution in [0.2, 0.25) is 0 Å². The van der Waals surface area contributed by atoms with E-state index in [4.69, 9.17) is 5.26 Å². The van der Waals surface area contributed by atoms with Crippen LogP contribution in [0.1, 0.15) is 46.0 Å². The van der Waals surface area contributed by atoms with Crippen LogP contribution in [0.15, 0.2) is 11.6 Å². The van der Waals surface area contributed by atoms with Crippen LogP contribution < -0.4 is 5.32 Å². The van der Waals surface area contributed by atoms with Crippen molar-refractivity contribution in [3.63, 3.8) is 0 Å². The van der Waals surface area contributed by atoms with Crippen molar-refractivity contribution >= 4 is 0 Å². The van der Waals surface area contributed by atoms with Crippen LogP contribution in [0, 0.1) is 11.3 Å². The molecule has 0 aromatic carbocycles. The minimum absolute atomic E-state index is 0.380. The van der Waals surface area contributed by atoms with Gasteiger partial charge in [-0.25, -0.2) is 0 Å². The van der Waals surface area contributed by atoms with E-state index in [1.165, 1.54) is 25.7 Å². The number of hydrogen-bond acceptors (Lipinski definition) is 2. The van der Waals surface area contributed by atoms with Gasteiger partial charge in [-0.1, -0.05) is 11.6 Å². The molecule has 0 saturated heterocycles. The van der Waals surface area contributed by atoms with Crippen molar-refractivity contribution in [3.05, 3.63) is 11.6 Å². The molecule has 14 heavy (non-hydrogen) atoms. The van der Waals surface area contributed by atoms with Gasteiger partial charge in [0.1, 0.15) is 5.54 Å². The van der Waals surface area contributed by atoms with Crippen molar-refractivity contribution < 1.29 is 0 Å². The zero-order chi connectivity index (χ0) is 10.4. The Labute approximate surface area is 87.0 Å². The highest BCUT2D eigenvalue weighted by molar-refractivity contribution is 5.06. The number of rotatable bonds is 4. The van der Waals surface area contributed by atoms with Crippen molar-refractivity contribution in [3.8, 4) is 6.07 Å². The Morgan fingerprint density at radius 2 is 2.29 bits per heavy atom. The Hall–Kier alpha value is -0.810. The summed E-state index contributed by atoms with van der Waals surface area (Å²) in [5.41, 5.74) is 1.19. The summed E-state index contributed by atoms with van der Waals surface area (Å²) in [6.07, 6.45) is 8.66. The van der Waals surface area contributed by atoms with E-state index in [0.29, 0.717) is 0 Å². The molecule has 2 nitrogen and oxygen atoms in total. The first-order chi connectivity index (χ1) is 6.64. The standard InChI is InChI=1S/C12H20N2/c1-12(2,10-13)14-9-8-11-6-4-3-5-7-11/h6,14H,3-5,7-9H2,1-2H3. The average molecular weight is 192 g/mol. The number of nitrogens with one attached hydrogen (secondary N) is 1. The molecular formula is C12H20N2. The summed E-state index contributed by atoms with van der Waals surface area (Å²) < 4.78 is 0. The lowest BCUT2D eigenvalue weighted by Crippen LogP contribution is -2.38. The third-order valence-corrected chi connectivity index (χ3v) is 2.68. The van der Waals surface area contributed by atoms with Crippen molar-refractivity contribution in [2.75, 3.05) is 6.54 Å². The van der Waals surface area contributed by atoms with E-state index in [1.807, 2.05) is 13.8 Å². The Kier molecular flexibility index (Phi) is 4.16. The molecule has 2 heteroatoms. The highest BCUT2D eigenvalue weighted by Crippen LogP contribution is 2.19. The molecule has 1 N–H and O–H groups in total. The van der Waals surface area contributed by atoms with Gasteiger partial charge < -0.3 is 0 Å². The number of allylic oxidation sites excluding steroid dienone is 1. The van der Waals surface area contributed by atoms with Gasteiger partial charge in [0.15, 0.2) is 0 Å². The first-order valence-electron chi connectivity index (χ1n) is 5.48. The molecule has 1 rings (SSSR count). The third-order valence-electron chi connectivity index (χ3n) is 2.68. The van der Waals surface area contributed by atoms with Crippen LogP contribution in [-0.2, 0) is 0 Å². The minimum atomic E-state index is -0.380. The Bertz CT molecular complexity index is 246. The van der Waals surface area contributed by atoms with Crippen molar-refractivity contribution in [2.24, 2.45) is 0 Å². The predicted molar refractivity (Wildman–Crippen MR) is 58.9 cm³/mol. The second kappa shape index (κ2) is 5.17. The molecule has 0 amide bonds. The molecule has 0 spiro atoms. The second-order valence-electron chi connectivity index (χ2n) is 4.52. The van der Waals surface area contributed by atoms with Crippen LogP contribution in [-0.4, -0.2) is 12.1 Å². The van der Waals surface area contributed by atoms with Gasteiger partial charge in [0.05, 0.1) is 6.07 Å². The quantitative estimate of drug-likeness (QED) is 0.695. The number of nitriles is 1. The molecule has 0 aliphatic heterocycles. The fourth-order valence-corrected chi connectivity index (χ4v) is 1.71. The van der Waals surface area contributed by atoms with Crippen LogP contribution in [0.3, 0.4) is 0 Å². The maximum atomic E-state index is 8.80. The molecule has 0 bridgehead atoms. The smallest absolute Gasteiger partial charge is 0.101 e. The topological polar surface area (TPSA) is 35.8 Å². The first-order valence-corrected chi connectivity index (χ1v) is 5.48.